The zero-order chi connectivity index (χ0) is 23.6. The van der Waals surface area contributed by atoms with Crippen LogP contribution in [0.1, 0.15) is 12.0 Å². The van der Waals surface area contributed by atoms with Crippen LogP contribution in [-0.2, 0) is 30.4 Å². The first-order valence-corrected chi connectivity index (χ1v) is 9.06. The Hall–Kier alpha value is -3.71. The van der Waals surface area contributed by atoms with Crippen LogP contribution in [0.15, 0.2) is 24.3 Å². The Bertz CT molecular complexity index is 814. The lowest BCUT2D eigenvalue weighted by Crippen LogP contribution is -2.55. The summed E-state index contributed by atoms with van der Waals surface area (Å²) < 4.78 is 0. The molecule has 0 radical (unpaired) electrons. The topological polar surface area (TPSA) is 234 Å². The molecule has 1 rings (SSSR count). The van der Waals surface area contributed by atoms with Gasteiger partial charge in [-0.25, -0.2) is 4.79 Å². The molecule has 4 amide bonds. The highest BCUT2D eigenvalue weighted by Crippen LogP contribution is 2.11. The molecule has 0 saturated carbocycles. The van der Waals surface area contributed by atoms with Crippen LogP contribution in [0.2, 0.25) is 0 Å². The van der Waals surface area contributed by atoms with E-state index in [4.69, 9.17) is 11.5 Å². The minimum absolute atomic E-state index is 0.00323. The van der Waals surface area contributed by atoms with E-state index in [0.717, 1.165) is 0 Å². The standard InChI is InChI=1S/C18H25N5O8/c19-11(6-14(20)26)16(28)23-13(8-24)17(29)21-7-15(27)22-12(18(30)31)5-9-1-3-10(25)4-2-9/h1-4,11-13,24-25H,5-8,19H2,(H2,20,26)(H,21,29)(H,22,27)(H,23,28)(H,30,31). The molecule has 13 nitrogen and oxygen atoms in total. The monoisotopic (exact) mass is 439 g/mol. The highest BCUT2D eigenvalue weighted by Gasteiger charge is 2.25. The van der Waals surface area contributed by atoms with Crippen molar-refractivity contribution in [3.63, 3.8) is 0 Å². The van der Waals surface area contributed by atoms with Crippen LogP contribution < -0.4 is 27.4 Å². The Morgan fingerprint density at radius 2 is 1.58 bits per heavy atom. The van der Waals surface area contributed by atoms with Crippen LogP contribution in [0.4, 0.5) is 0 Å². The van der Waals surface area contributed by atoms with Crippen LogP contribution in [0, 0.1) is 0 Å². The summed E-state index contributed by atoms with van der Waals surface area (Å²) >= 11 is 0. The van der Waals surface area contributed by atoms with Crippen molar-refractivity contribution in [2.24, 2.45) is 11.5 Å². The number of carbonyl (C=O) groups is 5. The number of aliphatic hydroxyl groups excluding tert-OH is 1. The quantitative estimate of drug-likeness (QED) is 0.160. The van der Waals surface area contributed by atoms with E-state index in [1.54, 1.807) is 0 Å². The molecule has 0 saturated heterocycles. The Morgan fingerprint density at radius 3 is 2.10 bits per heavy atom. The average molecular weight is 439 g/mol. The van der Waals surface area contributed by atoms with Gasteiger partial charge in [0.05, 0.1) is 25.6 Å². The third-order valence-corrected chi connectivity index (χ3v) is 4.01. The molecule has 0 aromatic heterocycles. The van der Waals surface area contributed by atoms with E-state index in [0.29, 0.717) is 5.56 Å². The average Bonchev–Trinajstić information content (AvgIpc) is 2.70. The highest BCUT2D eigenvalue weighted by atomic mass is 16.4. The number of primary amides is 1. The van der Waals surface area contributed by atoms with E-state index in [1.807, 2.05) is 0 Å². The number of amides is 4. The minimum atomic E-state index is -1.45. The second-order valence-corrected chi connectivity index (χ2v) is 6.57. The van der Waals surface area contributed by atoms with E-state index in [-0.39, 0.29) is 12.2 Å². The second-order valence-electron chi connectivity index (χ2n) is 6.57. The zero-order valence-electron chi connectivity index (χ0n) is 16.4. The van der Waals surface area contributed by atoms with Gasteiger partial charge in [0.25, 0.3) is 0 Å². The lowest BCUT2D eigenvalue weighted by molar-refractivity contribution is -0.141. The van der Waals surface area contributed by atoms with Gasteiger partial charge in [-0.2, -0.15) is 0 Å². The van der Waals surface area contributed by atoms with Gasteiger partial charge >= 0.3 is 5.97 Å². The van der Waals surface area contributed by atoms with Crippen LogP contribution in [-0.4, -0.2) is 76.2 Å². The Balaban J connectivity index is 2.58. The van der Waals surface area contributed by atoms with Gasteiger partial charge in [-0.1, -0.05) is 12.1 Å². The highest BCUT2D eigenvalue weighted by molar-refractivity contribution is 5.93. The smallest absolute Gasteiger partial charge is 0.326 e. The number of aliphatic carboxylic acids is 1. The number of carbonyl (C=O) groups excluding carboxylic acids is 4. The summed E-state index contributed by atoms with van der Waals surface area (Å²) in [4.78, 5) is 58.1. The molecule has 1 aromatic rings. The second kappa shape index (κ2) is 12.1. The summed E-state index contributed by atoms with van der Waals surface area (Å²) in [7, 11) is 0. The number of aromatic hydroxyl groups is 1. The summed E-state index contributed by atoms with van der Waals surface area (Å²) in [6.07, 6.45) is -0.534. The van der Waals surface area contributed by atoms with E-state index in [2.05, 4.69) is 16.0 Å². The molecule has 13 heteroatoms. The molecule has 3 unspecified atom stereocenters. The van der Waals surface area contributed by atoms with Gasteiger partial charge in [-0.15, -0.1) is 0 Å². The van der Waals surface area contributed by atoms with Crippen LogP contribution in [0.3, 0.4) is 0 Å². The molecule has 31 heavy (non-hydrogen) atoms. The molecular weight excluding hydrogens is 414 g/mol. The van der Waals surface area contributed by atoms with Crippen LogP contribution >= 0.6 is 0 Å². The third-order valence-electron chi connectivity index (χ3n) is 4.01. The molecule has 0 aliphatic rings. The number of phenols is 1. The number of carboxylic acid groups (broad SMARTS) is 1. The number of nitrogens with two attached hydrogens (primary N) is 2. The molecule has 3 atom stereocenters. The van der Waals surface area contributed by atoms with E-state index in [9.17, 15) is 39.3 Å². The lowest BCUT2D eigenvalue weighted by atomic mass is 10.1. The molecule has 0 bridgehead atoms. The molecular formula is C18H25N5O8. The Morgan fingerprint density at radius 1 is 0.968 bits per heavy atom. The normalized spacial score (nSPS) is 13.4. The van der Waals surface area contributed by atoms with Crippen LogP contribution in [0.5, 0.6) is 5.75 Å². The van der Waals surface area contributed by atoms with Crippen molar-refractivity contribution < 1.29 is 39.3 Å². The zero-order valence-corrected chi connectivity index (χ0v) is 16.4. The van der Waals surface area contributed by atoms with Crippen molar-refractivity contribution in [2.45, 2.75) is 31.0 Å². The summed E-state index contributed by atoms with van der Waals surface area (Å²) in [5, 5.41) is 34.3. The van der Waals surface area contributed by atoms with Gasteiger partial charge in [-0.05, 0) is 17.7 Å². The number of hydrogen-bond acceptors (Lipinski definition) is 8. The maximum atomic E-state index is 12.1. The lowest BCUT2D eigenvalue weighted by Gasteiger charge is -2.19. The molecule has 1 aromatic carbocycles. The summed E-state index contributed by atoms with van der Waals surface area (Å²) in [6, 6.07) is 1.66. The van der Waals surface area contributed by atoms with Crippen molar-refractivity contribution in [3.05, 3.63) is 29.8 Å². The number of phenolic OH excluding ortho intramolecular Hbond substituents is 1. The Kier molecular flexibility index (Phi) is 9.88. The van der Waals surface area contributed by atoms with Gasteiger partial charge in [0.1, 0.15) is 17.8 Å². The number of rotatable bonds is 12. The molecule has 0 aliphatic carbocycles. The summed E-state index contributed by atoms with van der Waals surface area (Å²) in [5.41, 5.74) is 10.9. The maximum Gasteiger partial charge on any atom is 0.326 e. The van der Waals surface area contributed by atoms with Gasteiger partial charge in [0, 0.05) is 6.42 Å². The first kappa shape index (κ1) is 25.3. The van der Waals surface area contributed by atoms with Crippen molar-refractivity contribution in [3.8, 4) is 5.75 Å². The SMILES string of the molecule is NC(=O)CC(N)C(=O)NC(CO)C(=O)NCC(=O)NC(Cc1ccc(O)cc1)C(=O)O. The van der Waals surface area contributed by atoms with Crippen molar-refractivity contribution in [1.29, 1.82) is 0 Å². The molecule has 0 fully saturated rings. The number of aliphatic hydroxyl groups is 1. The number of hydrogen-bond donors (Lipinski definition) is 8. The fourth-order valence-electron chi connectivity index (χ4n) is 2.39. The number of nitrogens with one attached hydrogen (secondary N) is 3. The van der Waals surface area contributed by atoms with Crippen molar-refractivity contribution in [1.82, 2.24) is 16.0 Å². The van der Waals surface area contributed by atoms with E-state index in [1.165, 1.54) is 24.3 Å². The Labute approximate surface area is 176 Å². The first-order valence-electron chi connectivity index (χ1n) is 9.06. The van der Waals surface area contributed by atoms with E-state index >= 15 is 0 Å². The largest absolute Gasteiger partial charge is 0.508 e. The fraction of sp³-hybridized carbons (Fsp3) is 0.389. The van der Waals surface area contributed by atoms with Crippen LogP contribution in [0.25, 0.3) is 0 Å². The maximum absolute atomic E-state index is 12.1. The van der Waals surface area contributed by atoms with Gasteiger partial charge in [-0.3, -0.25) is 19.2 Å². The molecule has 170 valence electrons. The third kappa shape index (κ3) is 9.10. The molecule has 0 spiro atoms. The summed E-state index contributed by atoms with van der Waals surface area (Å²) in [6.45, 7) is -1.45. The minimum Gasteiger partial charge on any atom is -0.508 e. The fourth-order valence-corrected chi connectivity index (χ4v) is 2.39. The predicted molar refractivity (Wildman–Crippen MR) is 105 cm³/mol. The molecule has 10 N–H and O–H groups in total. The van der Waals surface area contributed by atoms with Crippen molar-refractivity contribution in [2.75, 3.05) is 13.2 Å². The predicted octanol–water partition coefficient (Wildman–Crippen LogP) is -3.70. The molecule has 0 aliphatic heterocycles. The van der Waals surface area contributed by atoms with Gasteiger partial charge < -0.3 is 42.7 Å². The van der Waals surface area contributed by atoms with Gasteiger partial charge in [0.15, 0.2) is 0 Å². The van der Waals surface area contributed by atoms with Gasteiger partial charge in [0.2, 0.25) is 23.6 Å². The van der Waals surface area contributed by atoms with E-state index < -0.39 is 67.3 Å². The number of carboxylic acids is 1. The number of benzene rings is 1. The molecule has 0 heterocycles. The summed E-state index contributed by atoms with van der Waals surface area (Å²) in [5.74, 6) is -4.79. The first-order chi connectivity index (χ1) is 14.5. The van der Waals surface area contributed by atoms with Crippen molar-refractivity contribution >= 4 is 29.6 Å².